The lowest BCUT2D eigenvalue weighted by Crippen LogP contribution is -2.63. The van der Waals surface area contributed by atoms with E-state index >= 15 is 0 Å². The first-order valence-corrected chi connectivity index (χ1v) is 13.5. The Labute approximate surface area is 204 Å². The van der Waals surface area contributed by atoms with Crippen LogP contribution in [0.1, 0.15) is 56.6 Å². The molecule has 1 fully saturated rings. The molecule has 8 nitrogen and oxygen atoms in total. The van der Waals surface area contributed by atoms with Crippen LogP contribution in [0.5, 0.6) is 5.75 Å². The van der Waals surface area contributed by atoms with Crippen molar-refractivity contribution in [3.8, 4) is 5.75 Å². The van der Waals surface area contributed by atoms with Crippen LogP contribution in [-0.4, -0.2) is 60.2 Å². The highest BCUT2D eigenvalue weighted by Gasteiger charge is 2.48. The molecule has 1 N–H and O–H groups in total. The summed E-state index contributed by atoms with van der Waals surface area (Å²) in [6.45, 7) is 8.40. The van der Waals surface area contributed by atoms with Gasteiger partial charge in [-0.05, 0) is 62.4 Å². The Morgan fingerprint density at radius 2 is 2.09 bits per heavy atom. The number of halogens is 1. The number of thiophene rings is 1. The second kappa shape index (κ2) is 10.5. The number of methoxy groups -OCH3 is 1. The van der Waals surface area contributed by atoms with E-state index in [1.54, 1.807) is 6.92 Å². The third-order valence-corrected chi connectivity index (χ3v) is 9.07. The summed E-state index contributed by atoms with van der Waals surface area (Å²) < 4.78 is 32.8. The Morgan fingerprint density at radius 1 is 1.41 bits per heavy atom. The normalized spacial score (nSPS) is 19.3. The molecule has 180 valence electrons. The van der Waals surface area contributed by atoms with E-state index in [1.165, 1.54) is 18.4 Å². The first kappa shape index (κ1) is 25.6. The van der Waals surface area contributed by atoms with Gasteiger partial charge in [-0.3, -0.25) is 0 Å². The average Bonchev–Trinajstić information content (AvgIpc) is 3.03. The molecular weight excluding hydrogens is 520 g/mol. The lowest BCUT2D eigenvalue weighted by molar-refractivity contribution is -0.146. The molecule has 3 rings (SSSR count). The fourth-order valence-corrected chi connectivity index (χ4v) is 6.46. The molecule has 1 aromatic heterocycles. The molecule has 1 aliphatic heterocycles. The molecule has 3 unspecified atom stereocenters. The van der Waals surface area contributed by atoms with E-state index in [0.29, 0.717) is 33.3 Å². The summed E-state index contributed by atoms with van der Waals surface area (Å²) in [5.41, 5.74) is 0.519. The van der Waals surface area contributed by atoms with Crippen LogP contribution < -0.4 is 14.4 Å². The van der Waals surface area contributed by atoms with Gasteiger partial charge in [0.2, 0.25) is 0 Å². The third kappa shape index (κ3) is 5.22. The molecule has 0 saturated heterocycles. The van der Waals surface area contributed by atoms with Crippen molar-refractivity contribution < 1.29 is 28.4 Å². The molecule has 0 aromatic carbocycles. The fourth-order valence-electron chi connectivity index (χ4n) is 3.85. The lowest BCUT2D eigenvalue weighted by Gasteiger charge is -2.44. The van der Waals surface area contributed by atoms with E-state index in [-0.39, 0.29) is 12.5 Å². The summed E-state index contributed by atoms with van der Waals surface area (Å²) in [7, 11) is 1.32. The predicted octanol–water partition coefficient (Wildman–Crippen LogP) is 3.65. The molecule has 11 heteroatoms. The number of hydrogen-bond acceptors (Lipinski definition) is 9. The van der Waals surface area contributed by atoms with Crippen LogP contribution in [0.2, 0.25) is 0 Å². The van der Waals surface area contributed by atoms with Crippen molar-refractivity contribution in [2.45, 2.75) is 63.8 Å². The number of hydrogen-bond donors (Lipinski definition) is 1. The molecule has 2 heterocycles. The third-order valence-electron chi connectivity index (χ3n) is 5.70. The number of nitrogens with one attached hydrogen (secondary N) is 1. The zero-order chi connectivity index (χ0) is 23.6. The van der Waals surface area contributed by atoms with E-state index in [4.69, 9.17) is 14.2 Å². The zero-order valence-electron chi connectivity index (χ0n) is 19.1. The van der Waals surface area contributed by atoms with Gasteiger partial charge in [-0.2, -0.15) is 0 Å². The molecule has 0 bridgehead atoms. The van der Waals surface area contributed by atoms with Gasteiger partial charge >= 0.3 is 11.9 Å². The first-order valence-electron chi connectivity index (χ1n) is 10.7. The summed E-state index contributed by atoms with van der Waals surface area (Å²) in [6.07, 6.45) is 2.93. The topological polar surface area (TPSA) is 100 Å². The molecule has 3 atom stereocenters. The van der Waals surface area contributed by atoms with Crippen LogP contribution in [0.3, 0.4) is 0 Å². The van der Waals surface area contributed by atoms with Crippen molar-refractivity contribution in [2.24, 2.45) is 5.92 Å². The molecule has 2 aliphatic rings. The van der Waals surface area contributed by atoms with Crippen LogP contribution in [0, 0.1) is 5.92 Å². The standard InChI is InChI=1S/C21H31BrN2O6S2/c1-6-29-19(25)14(13(12-8-7-9-12)23-32(27)21(2,3)4)24-10-11-30-16-15(24)17(20(26)28-5)31-18(16)22/h12-14,23H,6-11H2,1-5H3. The number of anilines is 1. The van der Waals surface area contributed by atoms with Gasteiger partial charge in [-0.15, -0.1) is 16.1 Å². The number of fused-ring (bicyclic) bond motifs is 1. The number of nitrogens with zero attached hydrogens (tertiary/aromatic N) is 1. The van der Waals surface area contributed by atoms with E-state index in [0.717, 1.165) is 19.3 Å². The quantitative estimate of drug-likeness (QED) is 0.386. The Morgan fingerprint density at radius 3 is 2.62 bits per heavy atom. The summed E-state index contributed by atoms with van der Waals surface area (Å²) in [5, 5.41) is 0. The lowest BCUT2D eigenvalue weighted by atomic mass is 9.77. The zero-order valence-corrected chi connectivity index (χ0v) is 22.3. The van der Waals surface area contributed by atoms with E-state index < -0.39 is 40.1 Å². The van der Waals surface area contributed by atoms with Crippen molar-refractivity contribution in [1.29, 1.82) is 0 Å². The molecular formula is C21H31BrN2O6S2. The Balaban J connectivity index is 2.08. The second-order valence-corrected chi connectivity index (χ2v) is 13.2. The summed E-state index contributed by atoms with van der Waals surface area (Å²) in [4.78, 5) is 28.1. The Bertz CT molecular complexity index is 839. The first-order chi connectivity index (χ1) is 15.1. The van der Waals surface area contributed by atoms with Gasteiger partial charge in [0.1, 0.15) is 31.7 Å². The second-order valence-electron chi connectivity index (χ2n) is 8.83. The van der Waals surface area contributed by atoms with Crippen molar-refractivity contribution >= 4 is 56.3 Å². The molecule has 0 radical (unpaired) electrons. The number of rotatable bonds is 8. The van der Waals surface area contributed by atoms with Crippen molar-refractivity contribution in [3.63, 3.8) is 0 Å². The van der Waals surface area contributed by atoms with Crippen LogP contribution in [-0.2, 0) is 25.6 Å². The maximum absolute atomic E-state index is 13.4. The van der Waals surface area contributed by atoms with Crippen LogP contribution >= 0.6 is 27.3 Å². The largest absolute Gasteiger partial charge is 0.598 e. The SMILES string of the molecule is CCOC(=O)C(C(N[S+]([O-])C(C)(C)C)C1CCC1)N1CCOc2c(Br)sc(C(=O)OC)c21. The van der Waals surface area contributed by atoms with Gasteiger partial charge < -0.3 is 23.7 Å². The van der Waals surface area contributed by atoms with Gasteiger partial charge in [-0.25, -0.2) is 9.59 Å². The van der Waals surface area contributed by atoms with Gasteiger partial charge in [0, 0.05) is 11.4 Å². The number of ether oxygens (including phenoxy) is 3. The molecule has 1 saturated carbocycles. The van der Waals surface area contributed by atoms with E-state index in [2.05, 4.69) is 20.7 Å². The smallest absolute Gasteiger partial charge is 0.350 e. The summed E-state index contributed by atoms with van der Waals surface area (Å²) in [5.74, 6) is -0.221. The maximum Gasteiger partial charge on any atom is 0.350 e. The number of esters is 2. The highest BCUT2D eigenvalue weighted by atomic mass is 79.9. The molecule has 1 aliphatic carbocycles. The molecule has 0 amide bonds. The predicted molar refractivity (Wildman–Crippen MR) is 129 cm³/mol. The summed E-state index contributed by atoms with van der Waals surface area (Å²) in [6, 6.07) is -1.17. The van der Waals surface area contributed by atoms with E-state index in [1.807, 2.05) is 25.7 Å². The number of carbonyl (C=O) groups excluding carboxylic acids is 2. The minimum Gasteiger partial charge on any atom is -0.598 e. The minimum atomic E-state index is -1.38. The van der Waals surface area contributed by atoms with Gasteiger partial charge in [0.25, 0.3) is 0 Å². The van der Waals surface area contributed by atoms with Crippen LogP contribution in [0.15, 0.2) is 3.79 Å². The van der Waals surface area contributed by atoms with Crippen LogP contribution in [0.4, 0.5) is 5.69 Å². The van der Waals surface area contributed by atoms with Crippen molar-refractivity contribution in [3.05, 3.63) is 8.66 Å². The van der Waals surface area contributed by atoms with Crippen LogP contribution in [0.25, 0.3) is 0 Å². The monoisotopic (exact) mass is 550 g/mol. The Hall–Kier alpha value is -1.01. The maximum atomic E-state index is 13.4. The summed E-state index contributed by atoms with van der Waals surface area (Å²) >= 11 is 3.31. The van der Waals surface area contributed by atoms with Gasteiger partial charge in [-0.1, -0.05) is 6.42 Å². The molecule has 32 heavy (non-hydrogen) atoms. The fraction of sp³-hybridized carbons (Fsp3) is 0.714. The molecule has 1 aromatic rings. The minimum absolute atomic E-state index is 0.172. The number of carbonyl (C=O) groups is 2. The van der Waals surface area contributed by atoms with Gasteiger partial charge in [0.15, 0.2) is 5.75 Å². The van der Waals surface area contributed by atoms with Crippen molar-refractivity contribution in [2.75, 3.05) is 31.8 Å². The van der Waals surface area contributed by atoms with Gasteiger partial charge in [0.05, 0.1) is 26.3 Å². The van der Waals surface area contributed by atoms with Crippen molar-refractivity contribution in [1.82, 2.24) is 4.72 Å². The highest BCUT2D eigenvalue weighted by molar-refractivity contribution is 9.11. The Kier molecular flexibility index (Phi) is 8.40. The average molecular weight is 552 g/mol. The molecule has 0 spiro atoms. The van der Waals surface area contributed by atoms with E-state index in [9.17, 15) is 14.1 Å². The highest BCUT2D eigenvalue weighted by Crippen LogP contribution is 2.49.